The molecule has 1 aliphatic carbocycles. The Balaban J connectivity index is 2.05. The molecule has 1 aromatic rings. The van der Waals surface area contributed by atoms with Crippen molar-refractivity contribution in [2.24, 2.45) is 0 Å². The molecule has 0 saturated heterocycles. The van der Waals surface area contributed by atoms with E-state index in [0.717, 1.165) is 42.5 Å². The Hall–Kier alpha value is -0.580. The van der Waals surface area contributed by atoms with Gasteiger partial charge in [-0.25, -0.2) is 0 Å². The second-order valence-electron chi connectivity index (χ2n) is 5.16. The van der Waals surface area contributed by atoms with Crippen molar-refractivity contribution in [3.8, 4) is 5.75 Å². The van der Waals surface area contributed by atoms with E-state index in [2.05, 4.69) is 33.4 Å². The van der Waals surface area contributed by atoms with E-state index in [-0.39, 0.29) is 12.2 Å². The molecule has 0 heterocycles. The van der Waals surface area contributed by atoms with E-state index in [9.17, 15) is 5.11 Å². The molecule has 2 N–H and O–H groups in total. The highest BCUT2D eigenvalue weighted by Gasteiger charge is 2.23. The summed E-state index contributed by atoms with van der Waals surface area (Å²) in [5, 5.41) is 13.2. The lowest BCUT2D eigenvalue weighted by Gasteiger charge is -2.23. The molecule has 0 bridgehead atoms. The van der Waals surface area contributed by atoms with Gasteiger partial charge in [0.2, 0.25) is 0 Å². The van der Waals surface area contributed by atoms with Crippen molar-refractivity contribution in [3.63, 3.8) is 0 Å². The standard InChI is InChI=1S/C15H22BrNO2/c1-17-10-11-7-8-14(12(16)9-11)19-15-6-4-2-3-5-13(15)18/h7-9,13,15,17-18H,2-6,10H2,1H3. The molecule has 1 fully saturated rings. The van der Waals surface area contributed by atoms with Gasteiger partial charge >= 0.3 is 0 Å². The van der Waals surface area contributed by atoms with Crippen molar-refractivity contribution in [1.29, 1.82) is 0 Å². The summed E-state index contributed by atoms with van der Waals surface area (Å²) >= 11 is 3.55. The first-order chi connectivity index (χ1) is 9.20. The lowest BCUT2D eigenvalue weighted by molar-refractivity contribution is 0.0315. The molecule has 2 atom stereocenters. The van der Waals surface area contributed by atoms with E-state index in [4.69, 9.17) is 4.74 Å². The smallest absolute Gasteiger partial charge is 0.134 e. The van der Waals surface area contributed by atoms with Crippen LogP contribution in [-0.2, 0) is 6.54 Å². The molecule has 2 unspecified atom stereocenters. The first-order valence-corrected chi connectivity index (χ1v) is 7.77. The summed E-state index contributed by atoms with van der Waals surface area (Å²) in [5.41, 5.74) is 1.21. The number of nitrogens with one attached hydrogen (secondary N) is 1. The lowest BCUT2D eigenvalue weighted by atomic mass is 10.1. The molecule has 0 amide bonds. The minimum Gasteiger partial charge on any atom is -0.487 e. The fraction of sp³-hybridized carbons (Fsp3) is 0.600. The van der Waals surface area contributed by atoms with Crippen LogP contribution in [0.15, 0.2) is 22.7 Å². The Kier molecular flexibility index (Phi) is 5.67. The van der Waals surface area contributed by atoms with Crippen LogP contribution in [0.4, 0.5) is 0 Å². The number of benzene rings is 1. The van der Waals surface area contributed by atoms with Crippen molar-refractivity contribution < 1.29 is 9.84 Å². The first kappa shape index (κ1) is 14.8. The van der Waals surface area contributed by atoms with E-state index >= 15 is 0 Å². The molecular weight excluding hydrogens is 306 g/mol. The van der Waals surface area contributed by atoms with Gasteiger partial charge < -0.3 is 15.2 Å². The van der Waals surface area contributed by atoms with E-state index < -0.39 is 0 Å². The second-order valence-corrected chi connectivity index (χ2v) is 6.01. The zero-order valence-corrected chi connectivity index (χ0v) is 12.9. The van der Waals surface area contributed by atoms with Crippen LogP contribution in [0.5, 0.6) is 5.75 Å². The number of hydrogen-bond acceptors (Lipinski definition) is 3. The summed E-state index contributed by atoms with van der Waals surface area (Å²) in [4.78, 5) is 0. The SMILES string of the molecule is CNCc1ccc(OC2CCCCCC2O)c(Br)c1. The fourth-order valence-electron chi connectivity index (χ4n) is 2.51. The summed E-state index contributed by atoms with van der Waals surface area (Å²) in [6.07, 6.45) is 4.80. The molecule has 2 rings (SSSR count). The van der Waals surface area contributed by atoms with Crippen molar-refractivity contribution in [2.45, 2.75) is 50.9 Å². The third-order valence-corrected chi connectivity index (χ3v) is 4.19. The minimum atomic E-state index is -0.341. The normalized spacial score (nSPS) is 23.9. The van der Waals surface area contributed by atoms with Gasteiger partial charge in [-0.15, -0.1) is 0 Å². The Labute approximate surface area is 123 Å². The largest absolute Gasteiger partial charge is 0.487 e. The highest BCUT2D eigenvalue weighted by Crippen LogP contribution is 2.30. The Morgan fingerprint density at radius 3 is 2.84 bits per heavy atom. The lowest BCUT2D eigenvalue weighted by Crippen LogP contribution is -2.30. The third kappa shape index (κ3) is 4.20. The van der Waals surface area contributed by atoms with Crippen LogP contribution >= 0.6 is 15.9 Å². The first-order valence-electron chi connectivity index (χ1n) is 6.98. The van der Waals surface area contributed by atoms with Crippen molar-refractivity contribution in [3.05, 3.63) is 28.2 Å². The second kappa shape index (κ2) is 7.27. The van der Waals surface area contributed by atoms with Crippen LogP contribution in [0.2, 0.25) is 0 Å². The summed E-state index contributed by atoms with van der Waals surface area (Å²) in [6.45, 7) is 0.838. The number of ether oxygens (including phenoxy) is 1. The maximum absolute atomic E-state index is 10.1. The molecule has 3 nitrogen and oxygen atoms in total. The number of hydrogen-bond donors (Lipinski definition) is 2. The molecule has 0 radical (unpaired) electrons. The molecule has 19 heavy (non-hydrogen) atoms. The van der Waals surface area contributed by atoms with Crippen LogP contribution in [0, 0.1) is 0 Å². The summed E-state index contributed by atoms with van der Waals surface area (Å²) in [5.74, 6) is 0.825. The third-order valence-electron chi connectivity index (χ3n) is 3.57. The van der Waals surface area contributed by atoms with Gasteiger partial charge in [-0.3, -0.25) is 0 Å². The van der Waals surface area contributed by atoms with Crippen LogP contribution < -0.4 is 10.1 Å². The molecule has 1 aliphatic rings. The Morgan fingerprint density at radius 2 is 2.11 bits per heavy atom. The predicted octanol–water partition coefficient (Wildman–Crippen LogP) is 3.24. The van der Waals surface area contributed by atoms with Gasteiger partial charge in [-0.2, -0.15) is 0 Å². The highest BCUT2D eigenvalue weighted by molar-refractivity contribution is 9.10. The quantitative estimate of drug-likeness (QED) is 0.834. The van der Waals surface area contributed by atoms with Crippen LogP contribution in [0.1, 0.15) is 37.7 Å². The van der Waals surface area contributed by atoms with Gasteiger partial charge in [0.15, 0.2) is 0 Å². The summed E-state index contributed by atoms with van der Waals surface area (Å²) in [7, 11) is 1.93. The summed E-state index contributed by atoms with van der Waals surface area (Å²) in [6, 6.07) is 6.10. The fourth-order valence-corrected chi connectivity index (χ4v) is 3.03. The van der Waals surface area contributed by atoms with E-state index in [1.54, 1.807) is 0 Å². The molecule has 0 aromatic heterocycles. The molecular formula is C15H22BrNO2. The maximum atomic E-state index is 10.1. The molecule has 0 spiro atoms. The van der Waals surface area contributed by atoms with Crippen LogP contribution in [0.25, 0.3) is 0 Å². The van der Waals surface area contributed by atoms with Crippen LogP contribution in [-0.4, -0.2) is 24.4 Å². The molecule has 1 saturated carbocycles. The van der Waals surface area contributed by atoms with E-state index in [1.165, 1.54) is 12.0 Å². The molecule has 106 valence electrons. The minimum absolute atomic E-state index is 0.0750. The van der Waals surface area contributed by atoms with Gasteiger partial charge in [0, 0.05) is 6.54 Å². The summed E-state index contributed by atoms with van der Waals surface area (Å²) < 4.78 is 6.95. The van der Waals surface area contributed by atoms with Gasteiger partial charge in [0.1, 0.15) is 11.9 Å². The zero-order chi connectivity index (χ0) is 13.7. The Morgan fingerprint density at radius 1 is 1.32 bits per heavy atom. The topological polar surface area (TPSA) is 41.5 Å². The Bertz CT molecular complexity index is 411. The van der Waals surface area contributed by atoms with Gasteiger partial charge in [0.05, 0.1) is 10.6 Å². The van der Waals surface area contributed by atoms with Gasteiger partial charge in [0.25, 0.3) is 0 Å². The van der Waals surface area contributed by atoms with E-state index in [0.29, 0.717) is 0 Å². The monoisotopic (exact) mass is 327 g/mol. The molecule has 0 aliphatic heterocycles. The van der Waals surface area contributed by atoms with Crippen molar-refractivity contribution in [2.75, 3.05) is 7.05 Å². The number of aliphatic hydroxyl groups is 1. The predicted molar refractivity (Wildman–Crippen MR) is 80.4 cm³/mol. The number of halogens is 1. The molecule has 1 aromatic carbocycles. The number of rotatable bonds is 4. The zero-order valence-electron chi connectivity index (χ0n) is 11.4. The van der Waals surface area contributed by atoms with Gasteiger partial charge in [-0.05, 0) is 59.9 Å². The van der Waals surface area contributed by atoms with Crippen molar-refractivity contribution >= 4 is 15.9 Å². The molecule has 4 heteroatoms. The van der Waals surface area contributed by atoms with Crippen LogP contribution in [0.3, 0.4) is 0 Å². The highest BCUT2D eigenvalue weighted by atomic mass is 79.9. The maximum Gasteiger partial charge on any atom is 0.134 e. The average Bonchev–Trinajstić information content (AvgIpc) is 2.58. The van der Waals surface area contributed by atoms with Crippen molar-refractivity contribution in [1.82, 2.24) is 5.32 Å². The van der Waals surface area contributed by atoms with Gasteiger partial charge in [-0.1, -0.05) is 18.9 Å². The average molecular weight is 328 g/mol. The van der Waals surface area contributed by atoms with E-state index in [1.807, 2.05) is 13.1 Å². The number of aliphatic hydroxyl groups excluding tert-OH is 1.